The first kappa shape index (κ1) is 15.9. The molecule has 0 aromatic heterocycles. The van der Waals surface area contributed by atoms with Crippen molar-refractivity contribution in [1.82, 2.24) is 9.80 Å². The Balaban J connectivity index is 2.53. The summed E-state index contributed by atoms with van der Waals surface area (Å²) in [6.45, 7) is 0.176. The molecule has 6 nitrogen and oxygen atoms in total. The third-order valence-electron chi connectivity index (χ3n) is 2.61. The van der Waals surface area contributed by atoms with Gasteiger partial charge in [0.1, 0.15) is 5.82 Å². The summed E-state index contributed by atoms with van der Waals surface area (Å²) >= 11 is 0. The first-order chi connectivity index (χ1) is 9.29. The average molecular weight is 282 g/mol. The van der Waals surface area contributed by atoms with Crippen LogP contribution in [0.4, 0.5) is 15.8 Å². The molecule has 0 radical (unpaired) electrons. The SMILES string of the molecule is CN(CC(=O)Nc1ccc(F)cc1N)CC(=O)N(C)C. The average Bonchev–Trinajstić information content (AvgIpc) is 2.32. The topological polar surface area (TPSA) is 78.7 Å². The maximum Gasteiger partial charge on any atom is 0.238 e. The normalized spacial score (nSPS) is 10.4. The summed E-state index contributed by atoms with van der Waals surface area (Å²) in [6, 6.07) is 3.74. The molecule has 0 heterocycles. The van der Waals surface area contributed by atoms with Gasteiger partial charge in [0.15, 0.2) is 0 Å². The van der Waals surface area contributed by atoms with Crippen LogP contribution < -0.4 is 11.1 Å². The third-order valence-corrected chi connectivity index (χ3v) is 2.61. The molecule has 2 amide bonds. The van der Waals surface area contributed by atoms with Gasteiger partial charge in [0.2, 0.25) is 11.8 Å². The Bertz CT molecular complexity index is 505. The molecule has 0 fully saturated rings. The van der Waals surface area contributed by atoms with Gasteiger partial charge in [-0.15, -0.1) is 0 Å². The molecule has 0 aliphatic carbocycles. The molecule has 3 N–H and O–H groups in total. The highest BCUT2D eigenvalue weighted by Crippen LogP contribution is 2.18. The molecule has 0 bridgehead atoms. The van der Waals surface area contributed by atoms with Gasteiger partial charge in [-0.2, -0.15) is 0 Å². The van der Waals surface area contributed by atoms with Crippen LogP contribution >= 0.6 is 0 Å². The van der Waals surface area contributed by atoms with Crippen LogP contribution in [0.1, 0.15) is 0 Å². The number of anilines is 2. The maximum absolute atomic E-state index is 12.9. The van der Waals surface area contributed by atoms with E-state index in [4.69, 9.17) is 5.73 Å². The van der Waals surface area contributed by atoms with E-state index in [9.17, 15) is 14.0 Å². The first-order valence-corrected chi connectivity index (χ1v) is 6.03. The molecular weight excluding hydrogens is 263 g/mol. The zero-order chi connectivity index (χ0) is 15.3. The number of hydrogen-bond donors (Lipinski definition) is 2. The minimum atomic E-state index is -0.464. The number of carbonyl (C=O) groups excluding carboxylic acids is 2. The number of likely N-dealkylation sites (N-methyl/N-ethyl adjacent to an activating group) is 2. The van der Waals surface area contributed by atoms with Crippen molar-refractivity contribution in [2.45, 2.75) is 0 Å². The maximum atomic E-state index is 12.9. The molecule has 1 rings (SSSR count). The van der Waals surface area contributed by atoms with E-state index in [1.807, 2.05) is 0 Å². The van der Waals surface area contributed by atoms with Crippen molar-refractivity contribution in [3.63, 3.8) is 0 Å². The van der Waals surface area contributed by atoms with E-state index < -0.39 is 5.82 Å². The Morgan fingerprint density at radius 1 is 1.25 bits per heavy atom. The highest BCUT2D eigenvalue weighted by atomic mass is 19.1. The number of nitrogens with zero attached hydrogens (tertiary/aromatic N) is 2. The summed E-state index contributed by atoms with van der Waals surface area (Å²) in [5.41, 5.74) is 6.10. The number of nitrogens with two attached hydrogens (primary N) is 1. The molecule has 1 aromatic rings. The van der Waals surface area contributed by atoms with Gasteiger partial charge in [0, 0.05) is 14.1 Å². The van der Waals surface area contributed by atoms with E-state index in [2.05, 4.69) is 5.32 Å². The van der Waals surface area contributed by atoms with E-state index in [1.165, 1.54) is 17.0 Å². The third kappa shape index (κ3) is 4.85. The molecule has 0 aliphatic rings. The van der Waals surface area contributed by atoms with Crippen molar-refractivity contribution in [2.24, 2.45) is 0 Å². The van der Waals surface area contributed by atoms with E-state index in [1.54, 1.807) is 26.0 Å². The number of halogens is 1. The van der Waals surface area contributed by atoms with Crippen molar-refractivity contribution in [3.05, 3.63) is 24.0 Å². The van der Waals surface area contributed by atoms with Crippen LogP contribution in [0.15, 0.2) is 18.2 Å². The second kappa shape index (κ2) is 6.85. The van der Waals surface area contributed by atoms with Crippen LogP contribution in [-0.2, 0) is 9.59 Å². The molecule has 0 aliphatic heterocycles. The van der Waals surface area contributed by atoms with Gasteiger partial charge in [0.05, 0.1) is 24.5 Å². The van der Waals surface area contributed by atoms with E-state index >= 15 is 0 Å². The number of rotatable bonds is 5. The predicted molar refractivity (Wildman–Crippen MR) is 75.6 cm³/mol. The molecule has 20 heavy (non-hydrogen) atoms. The number of nitrogens with one attached hydrogen (secondary N) is 1. The Labute approximate surface area is 117 Å². The zero-order valence-electron chi connectivity index (χ0n) is 11.8. The fraction of sp³-hybridized carbons (Fsp3) is 0.385. The lowest BCUT2D eigenvalue weighted by atomic mass is 10.2. The summed E-state index contributed by atoms with van der Waals surface area (Å²) in [6.07, 6.45) is 0. The quantitative estimate of drug-likeness (QED) is 0.765. The highest BCUT2D eigenvalue weighted by Gasteiger charge is 2.13. The molecule has 0 saturated heterocycles. The molecule has 0 spiro atoms. The Hall–Kier alpha value is -2.15. The van der Waals surface area contributed by atoms with E-state index in [-0.39, 0.29) is 30.6 Å². The standard InChI is InChI=1S/C13H19FN4O2/c1-17(2)13(20)8-18(3)7-12(19)16-11-5-4-9(14)6-10(11)15/h4-6H,7-8,15H2,1-3H3,(H,16,19). The Morgan fingerprint density at radius 2 is 1.90 bits per heavy atom. The van der Waals surface area contributed by atoms with Gasteiger partial charge in [-0.25, -0.2) is 4.39 Å². The minimum Gasteiger partial charge on any atom is -0.397 e. The highest BCUT2D eigenvalue weighted by molar-refractivity contribution is 5.95. The predicted octanol–water partition coefficient (Wildman–Crippen LogP) is 0.366. The monoisotopic (exact) mass is 282 g/mol. The minimum absolute atomic E-state index is 0.0381. The van der Waals surface area contributed by atoms with Crippen molar-refractivity contribution in [2.75, 3.05) is 45.3 Å². The van der Waals surface area contributed by atoms with Crippen LogP contribution in [-0.4, -0.2) is 55.8 Å². The van der Waals surface area contributed by atoms with Crippen LogP contribution in [0.25, 0.3) is 0 Å². The van der Waals surface area contributed by atoms with Crippen molar-refractivity contribution < 1.29 is 14.0 Å². The number of nitrogen functional groups attached to an aromatic ring is 1. The molecule has 110 valence electrons. The first-order valence-electron chi connectivity index (χ1n) is 6.03. The molecule has 1 aromatic carbocycles. The second-order valence-corrected chi connectivity index (χ2v) is 4.74. The van der Waals surface area contributed by atoms with Gasteiger partial charge in [-0.05, 0) is 25.2 Å². The fourth-order valence-corrected chi connectivity index (χ4v) is 1.51. The van der Waals surface area contributed by atoms with Crippen LogP contribution in [0, 0.1) is 5.82 Å². The number of hydrogen-bond acceptors (Lipinski definition) is 4. The van der Waals surface area contributed by atoms with Gasteiger partial charge in [0.25, 0.3) is 0 Å². The van der Waals surface area contributed by atoms with E-state index in [0.717, 1.165) is 6.07 Å². The van der Waals surface area contributed by atoms with Crippen LogP contribution in [0.5, 0.6) is 0 Å². The lowest BCUT2D eigenvalue weighted by Gasteiger charge is -2.18. The van der Waals surface area contributed by atoms with Crippen molar-refractivity contribution in [3.8, 4) is 0 Å². The van der Waals surface area contributed by atoms with Gasteiger partial charge >= 0.3 is 0 Å². The lowest BCUT2D eigenvalue weighted by Crippen LogP contribution is -2.38. The van der Waals surface area contributed by atoms with Gasteiger partial charge in [-0.3, -0.25) is 14.5 Å². The number of amides is 2. The van der Waals surface area contributed by atoms with Crippen molar-refractivity contribution >= 4 is 23.2 Å². The van der Waals surface area contributed by atoms with Gasteiger partial charge < -0.3 is 16.0 Å². The van der Waals surface area contributed by atoms with Crippen LogP contribution in [0.3, 0.4) is 0 Å². The van der Waals surface area contributed by atoms with Crippen LogP contribution in [0.2, 0.25) is 0 Å². The summed E-state index contributed by atoms with van der Waals surface area (Å²) in [5, 5.41) is 2.57. The smallest absolute Gasteiger partial charge is 0.238 e. The lowest BCUT2D eigenvalue weighted by molar-refractivity contribution is -0.130. The summed E-state index contributed by atoms with van der Waals surface area (Å²) < 4.78 is 12.9. The van der Waals surface area contributed by atoms with E-state index in [0.29, 0.717) is 5.69 Å². The second-order valence-electron chi connectivity index (χ2n) is 4.74. The zero-order valence-corrected chi connectivity index (χ0v) is 11.8. The van der Waals surface area contributed by atoms with Crippen molar-refractivity contribution in [1.29, 1.82) is 0 Å². The molecule has 0 unspecified atom stereocenters. The summed E-state index contributed by atoms with van der Waals surface area (Å²) in [5.74, 6) is -0.881. The molecule has 0 saturated carbocycles. The molecule has 0 atom stereocenters. The molecule has 7 heteroatoms. The summed E-state index contributed by atoms with van der Waals surface area (Å²) in [7, 11) is 4.96. The van der Waals surface area contributed by atoms with Gasteiger partial charge in [-0.1, -0.05) is 0 Å². The Kier molecular flexibility index (Phi) is 5.45. The number of benzene rings is 1. The molecular formula is C13H19FN4O2. The summed E-state index contributed by atoms with van der Waals surface area (Å²) in [4.78, 5) is 26.3. The fourth-order valence-electron chi connectivity index (χ4n) is 1.51. The largest absolute Gasteiger partial charge is 0.397 e. The number of carbonyl (C=O) groups is 2. The Morgan fingerprint density at radius 3 is 2.45 bits per heavy atom.